The molecule has 0 saturated heterocycles. The molecular weight excluding hydrogens is 174 g/mol. The predicted molar refractivity (Wildman–Crippen MR) is 56.8 cm³/mol. The first-order valence-electron chi connectivity index (χ1n) is 4.64. The fraction of sp³-hybridized carbons (Fsp3) is 0.182. The normalized spacial score (nSPS) is 10.4. The number of rotatable bonds is 3. The summed E-state index contributed by atoms with van der Waals surface area (Å²) in [7, 11) is 1.95. The maximum Gasteiger partial charge on any atom is 0.0653 e. The van der Waals surface area contributed by atoms with Crippen LogP contribution in [0.25, 0.3) is 11.3 Å². The third kappa shape index (κ3) is 1.67. The van der Waals surface area contributed by atoms with Crippen LogP contribution in [0.5, 0.6) is 0 Å². The molecule has 3 nitrogen and oxygen atoms in total. The Morgan fingerprint density at radius 3 is 2.86 bits per heavy atom. The number of H-pyrrole nitrogens is 1. The van der Waals surface area contributed by atoms with Gasteiger partial charge in [0.2, 0.25) is 0 Å². The highest BCUT2D eigenvalue weighted by Crippen LogP contribution is 2.20. The third-order valence-electron chi connectivity index (χ3n) is 2.18. The van der Waals surface area contributed by atoms with Gasteiger partial charge in [-0.05, 0) is 18.7 Å². The van der Waals surface area contributed by atoms with Gasteiger partial charge in [-0.1, -0.05) is 24.3 Å². The molecule has 0 saturated carbocycles. The highest BCUT2D eigenvalue weighted by Gasteiger charge is 2.03. The van der Waals surface area contributed by atoms with Gasteiger partial charge in [-0.3, -0.25) is 5.10 Å². The van der Waals surface area contributed by atoms with Crippen LogP contribution in [-0.2, 0) is 6.54 Å². The number of nitrogens with zero attached hydrogens (tertiary/aromatic N) is 1. The Hall–Kier alpha value is -1.61. The molecule has 2 N–H and O–H groups in total. The van der Waals surface area contributed by atoms with Crippen LogP contribution >= 0.6 is 0 Å². The van der Waals surface area contributed by atoms with Crippen molar-refractivity contribution in [2.24, 2.45) is 0 Å². The minimum absolute atomic E-state index is 0.870. The van der Waals surface area contributed by atoms with Gasteiger partial charge in [0.15, 0.2) is 0 Å². The summed E-state index contributed by atoms with van der Waals surface area (Å²) in [5.74, 6) is 0. The predicted octanol–water partition coefficient (Wildman–Crippen LogP) is 1.80. The molecule has 0 aliphatic carbocycles. The largest absolute Gasteiger partial charge is 0.316 e. The molecule has 2 rings (SSSR count). The first-order chi connectivity index (χ1) is 6.92. The molecule has 1 heterocycles. The van der Waals surface area contributed by atoms with E-state index in [0.717, 1.165) is 12.2 Å². The van der Waals surface area contributed by atoms with Gasteiger partial charge >= 0.3 is 0 Å². The molecule has 1 aromatic carbocycles. The summed E-state index contributed by atoms with van der Waals surface area (Å²) in [6.45, 7) is 0.870. The van der Waals surface area contributed by atoms with Gasteiger partial charge in [-0.25, -0.2) is 0 Å². The Balaban J connectivity index is 2.42. The van der Waals surface area contributed by atoms with Crippen molar-refractivity contribution in [3.8, 4) is 11.3 Å². The van der Waals surface area contributed by atoms with E-state index >= 15 is 0 Å². The number of hydrogen-bond acceptors (Lipinski definition) is 2. The Bertz CT molecular complexity index is 393. The second-order valence-corrected chi connectivity index (χ2v) is 3.16. The van der Waals surface area contributed by atoms with E-state index in [9.17, 15) is 0 Å². The smallest absolute Gasteiger partial charge is 0.0653 e. The lowest BCUT2D eigenvalue weighted by molar-refractivity contribution is 0.819. The monoisotopic (exact) mass is 187 g/mol. The zero-order valence-corrected chi connectivity index (χ0v) is 8.12. The minimum Gasteiger partial charge on any atom is -0.316 e. The van der Waals surface area contributed by atoms with Crippen LogP contribution in [0.3, 0.4) is 0 Å². The van der Waals surface area contributed by atoms with Crippen LogP contribution in [0.4, 0.5) is 0 Å². The Morgan fingerprint density at radius 2 is 2.14 bits per heavy atom. The quantitative estimate of drug-likeness (QED) is 0.769. The van der Waals surface area contributed by atoms with E-state index in [1.807, 2.05) is 25.2 Å². The van der Waals surface area contributed by atoms with Gasteiger partial charge in [0.1, 0.15) is 0 Å². The summed E-state index contributed by atoms with van der Waals surface area (Å²) < 4.78 is 0. The van der Waals surface area contributed by atoms with E-state index < -0.39 is 0 Å². The van der Waals surface area contributed by atoms with Crippen molar-refractivity contribution in [1.29, 1.82) is 0 Å². The molecule has 0 aliphatic heterocycles. The maximum atomic E-state index is 3.95. The van der Waals surface area contributed by atoms with Crippen LogP contribution < -0.4 is 5.32 Å². The summed E-state index contributed by atoms with van der Waals surface area (Å²) in [6.07, 6.45) is 1.77. The molecule has 0 radical (unpaired) electrons. The van der Waals surface area contributed by atoms with Crippen molar-refractivity contribution >= 4 is 0 Å². The SMILES string of the molecule is CNCc1ccccc1-c1ccn[nH]1. The zero-order valence-electron chi connectivity index (χ0n) is 8.12. The maximum absolute atomic E-state index is 3.95. The average Bonchev–Trinajstić information content (AvgIpc) is 2.72. The number of benzene rings is 1. The number of aromatic amines is 1. The molecule has 0 spiro atoms. The van der Waals surface area contributed by atoms with Crippen molar-refractivity contribution in [2.45, 2.75) is 6.54 Å². The lowest BCUT2D eigenvalue weighted by atomic mass is 10.1. The first kappa shape index (κ1) is 8.97. The standard InChI is InChI=1S/C11H13N3/c1-12-8-9-4-2-3-5-10(9)11-6-7-13-14-11/h2-7,12H,8H2,1H3,(H,13,14). The molecule has 1 aromatic heterocycles. The second kappa shape index (κ2) is 4.07. The molecule has 0 aliphatic rings. The van der Waals surface area contributed by atoms with Crippen molar-refractivity contribution in [2.75, 3.05) is 7.05 Å². The fourth-order valence-electron chi connectivity index (χ4n) is 1.53. The lowest BCUT2D eigenvalue weighted by Crippen LogP contribution is -2.06. The summed E-state index contributed by atoms with van der Waals surface area (Å²) >= 11 is 0. The van der Waals surface area contributed by atoms with Gasteiger partial charge < -0.3 is 5.32 Å². The van der Waals surface area contributed by atoms with Crippen molar-refractivity contribution < 1.29 is 0 Å². The topological polar surface area (TPSA) is 40.7 Å². The van der Waals surface area contributed by atoms with Gasteiger partial charge in [0.25, 0.3) is 0 Å². The van der Waals surface area contributed by atoms with E-state index in [1.165, 1.54) is 11.1 Å². The van der Waals surface area contributed by atoms with E-state index in [2.05, 4.69) is 27.6 Å². The first-order valence-corrected chi connectivity index (χ1v) is 4.64. The van der Waals surface area contributed by atoms with Crippen LogP contribution in [0, 0.1) is 0 Å². The van der Waals surface area contributed by atoms with E-state index in [-0.39, 0.29) is 0 Å². The van der Waals surface area contributed by atoms with Crippen LogP contribution in [-0.4, -0.2) is 17.2 Å². The minimum atomic E-state index is 0.870. The number of hydrogen-bond donors (Lipinski definition) is 2. The fourth-order valence-corrected chi connectivity index (χ4v) is 1.53. The molecular formula is C11H13N3. The summed E-state index contributed by atoms with van der Waals surface area (Å²) in [5.41, 5.74) is 3.55. The summed E-state index contributed by atoms with van der Waals surface area (Å²) in [4.78, 5) is 0. The molecule has 3 heteroatoms. The van der Waals surface area contributed by atoms with Gasteiger partial charge in [0.05, 0.1) is 5.69 Å². The van der Waals surface area contributed by atoms with Crippen LogP contribution in [0.1, 0.15) is 5.56 Å². The van der Waals surface area contributed by atoms with E-state index in [1.54, 1.807) is 6.20 Å². The van der Waals surface area contributed by atoms with E-state index in [4.69, 9.17) is 0 Å². The summed E-state index contributed by atoms with van der Waals surface area (Å²) in [5, 5.41) is 10.1. The number of aromatic nitrogens is 2. The molecule has 0 bridgehead atoms. The van der Waals surface area contributed by atoms with Gasteiger partial charge in [0, 0.05) is 18.3 Å². The average molecular weight is 187 g/mol. The number of nitrogens with one attached hydrogen (secondary N) is 2. The Kier molecular flexibility index (Phi) is 2.60. The Morgan fingerprint density at radius 1 is 1.29 bits per heavy atom. The van der Waals surface area contributed by atoms with Crippen LogP contribution in [0.2, 0.25) is 0 Å². The third-order valence-corrected chi connectivity index (χ3v) is 2.18. The summed E-state index contributed by atoms with van der Waals surface area (Å²) in [6, 6.07) is 10.3. The molecule has 0 amide bonds. The van der Waals surface area contributed by atoms with Crippen molar-refractivity contribution in [3.63, 3.8) is 0 Å². The van der Waals surface area contributed by atoms with Gasteiger partial charge in [-0.15, -0.1) is 0 Å². The molecule has 0 fully saturated rings. The highest BCUT2D eigenvalue weighted by molar-refractivity contribution is 5.62. The molecule has 72 valence electrons. The lowest BCUT2D eigenvalue weighted by Gasteiger charge is -2.06. The zero-order chi connectivity index (χ0) is 9.80. The van der Waals surface area contributed by atoms with Crippen LogP contribution in [0.15, 0.2) is 36.5 Å². The Labute approximate surface area is 83.2 Å². The molecule has 0 atom stereocenters. The van der Waals surface area contributed by atoms with Crippen molar-refractivity contribution in [1.82, 2.24) is 15.5 Å². The van der Waals surface area contributed by atoms with Gasteiger partial charge in [-0.2, -0.15) is 5.10 Å². The second-order valence-electron chi connectivity index (χ2n) is 3.16. The highest BCUT2D eigenvalue weighted by atomic mass is 15.1. The molecule has 14 heavy (non-hydrogen) atoms. The van der Waals surface area contributed by atoms with E-state index in [0.29, 0.717) is 0 Å². The molecule has 2 aromatic rings. The van der Waals surface area contributed by atoms with Crippen molar-refractivity contribution in [3.05, 3.63) is 42.1 Å². The molecule has 0 unspecified atom stereocenters.